The number of carboxylic acids is 1. The Morgan fingerprint density at radius 1 is 0.800 bits per heavy atom. The highest BCUT2D eigenvalue weighted by molar-refractivity contribution is 7.00. The number of aromatic nitrogens is 2. The molecule has 0 radical (unpaired) electrons. The zero-order chi connectivity index (χ0) is 28.1. The molecule has 7 nitrogen and oxygen atoms in total. The molecule has 0 amide bonds. The van der Waals surface area contributed by atoms with Gasteiger partial charge in [-0.3, -0.25) is 4.79 Å². The Morgan fingerprint density at radius 3 is 2.15 bits per heavy atom. The van der Waals surface area contributed by atoms with Gasteiger partial charge in [0.05, 0.1) is 17.3 Å². The minimum Gasteiger partial charge on any atom is -0.489 e. The number of ketones is 1. The molecule has 0 aliphatic heterocycles. The third-order valence-corrected chi connectivity index (χ3v) is 7.09. The van der Waals surface area contributed by atoms with Crippen molar-refractivity contribution in [1.82, 2.24) is 8.75 Å². The number of aliphatic carboxylic acids is 1. The Morgan fingerprint density at radius 2 is 1.48 bits per heavy atom. The molecule has 0 saturated carbocycles. The molecule has 1 N–H and O–H groups in total. The molecule has 1 aromatic heterocycles. The first kappa shape index (κ1) is 26.8. The molecule has 40 heavy (non-hydrogen) atoms. The summed E-state index contributed by atoms with van der Waals surface area (Å²) in [4.78, 5) is 28.6. The zero-order valence-electron chi connectivity index (χ0n) is 22.1. The van der Waals surface area contributed by atoms with E-state index in [1.807, 2.05) is 73.6 Å². The lowest BCUT2D eigenvalue weighted by Crippen LogP contribution is -2.14. The van der Waals surface area contributed by atoms with Crippen molar-refractivity contribution < 1.29 is 19.4 Å². The monoisotopic (exact) mass is 549 g/mol. The molecule has 200 valence electrons. The standard InChI is InChI=1S/C32H27N3O4S/c1-35(2)25-13-8-21(9-14-25)18-27(30(32(37)38)24-12-17-28-29(19-24)34-40-33-28)31(36)23-10-15-26(16-11-23)39-20-22-6-4-3-5-7-22/h3-17,19H,18,20H2,1-2H3,(H,37,38). The van der Waals surface area contributed by atoms with Crippen LogP contribution in [0.5, 0.6) is 5.75 Å². The van der Waals surface area contributed by atoms with Crippen molar-refractivity contribution in [2.75, 3.05) is 19.0 Å². The average Bonchev–Trinajstić information content (AvgIpc) is 3.44. The van der Waals surface area contributed by atoms with Gasteiger partial charge in [0.25, 0.3) is 0 Å². The van der Waals surface area contributed by atoms with E-state index in [-0.39, 0.29) is 23.4 Å². The molecule has 0 spiro atoms. The number of anilines is 1. The number of hydrogen-bond acceptors (Lipinski definition) is 7. The van der Waals surface area contributed by atoms with Gasteiger partial charge >= 0.3 is 5.97 Å². The molecule has 0 atom stereocenters. The molecular formula is C32H27N3O4S. The first-order chi connectivity index (χ1) is 19.4. The summed E-state index contributed by atoms with van der Waals surface area (Å²) in [6.07, 6.45) is 0.147. The summed E-state index contributed by atoms with van der Waals surface area (Å²) in [7, 11) is 3.90. The van der Waals surface area contributed by atoms with Crippen molar-refractivity contribution in [2.45, 2.75) is 13.0 Å². The molecule has 0 fully saturated rings. The van der Waals surface area contributed by atoms with Crippen LogP contribution in [-0.2, 0) is 17.8 Å². The van der Waals surface area contributed by atoms with Gasteiger partial charge in [-0.15, -0.1) is 0 Å². The maximum atomic E-state index is 14.0. The third kappa shape index (κ3) is 6.08. The molecule has 0 saturated heterocycles. The van der Waals surface area contributed by atoms with E-state index in [0.717, 1.165) is 28.5 Å². The van der Waals surface area contributed by atoms with Crippen molar-refractivity contribution in [1.29, 1.82) is 0 Å². The highest BCUT2D eigenvalue weighted by Gasteiger charge is 2.24. The normalized spacial score (nSPS) is 11.7. The summed E-state index contributed by atoms with van der Waals surface area (Å²) in [5.41, 5.74) is 5.04. The minimum absolute atomic E-state index is 0.0546. The van der Waals surface area contributed by atoms with Gasteiger partial charge in [-0.2, -0.15) is 8.75 Å². The molecule has 8 heteroatoms. The van der Waals surface area contributed by atoms with Gasteiger partial charge in [-0.05, 0) is 65.2 Å². The number of carbonyl (C=O) groups is 2. The summed E-state index contributed by atoms with van der Waals surface area (Å²) in [5, 5.41) is 10.4. The number of ether oxygens (including phenoxy) is 1. The van der Waals surface area contributed by atoms with Crippen LogP contribution in [-0.4, -0.2) is 39.7 Å². The highest BCUT2D eigenvalue weighted by atomic mass is 32.1. The van der Waals surface area contributed by atoms with Gasteiger partial charge in [0.2, 0.25) is 0 Å². The number of benzene rings is 4. The second-order valence-corrected chi connectivity index (χ2v) is 10.0. The molecule has 0 aliphatic rings. The van der Waals surface area contributed by atoms with Gasteiger partial charge in [-0.1, -0.05) is 48.5 Å². The summed E-state index contributed by atoms with van der Waals surface area (Å²) in [6.45, 7) is 0.402. The van der Waals surface area contributed by atoms with E-state index in [9.17, 15) is 14.7 Å². The smallest absolute Gasteiger partial charge is 0.336 e. The van der Waals surface area contributed by atoms with E-state index in [0.29, 0.717) is 34.5 Å². The predicted octanol–water partition coefficient (Wildman–Crippen LogP) is 6.30. The zero-order valence-corrected chi connectivity index (χ0v) is 22.9. The van der Waals surface area contributed by atoms with Gasteiger partial charge < -0.3 is 14.7 Å². The summed E-state index contributed by atoms with van der Waals surface area (Å²) in [5.74, 6) is -0.927. The molecule has 0 bridgehead atoms. The summed E-state index contributed by atoms with van der Waals surface area (Å²) >= 11 is 1.06. The maximum absolute atomic E-state index is 14.0. The molecule has 4 aromatic carbocycles. The van der Waals surface area contributed by atoms with E-state index >= 15 is 0 Å². The van der Waals surface area contributed by atoms with Crippen LogP contribution >= 0.6 is 11.7 Å². The fourth-order valence-corrected chi connectivity index (χ4v) is 4.90. The Bertz CT molecular complexity index is 1680. The van der Waals surface area contributed by atoms with Crippen LogP contribution in [0.2, 0.25) is 0 Å². The number of rotatable bonds is 10. The number of Topliss-reactive ketones (excluding diaryl/α,β-unsaturated/α-hetero) is 1. The number of hydrogen-bond donors (Lipinski definition) is 1. The first-order valence-corrected chi connectivity index (χ1v) is 13.4. The van der Waals surface area contributed by atoms with Crippen LogP contribution in [0.1, 0.15) is 27.0 Å². The fraction of sp³-hybridized carbons (Fsp3) is 0.125. The van der Waals surface area contributed by atoms with Crippen LogP contribution in [0.4, 0.5) is 5.69 Å². The van der Waals surface area contributed by atoms with Gasteiger partial charge in [0.15, 0.2) is 5.78 Å². The summed E-state index contributed by atoms with van der Waals surface area (Å²) in [6, 6.07) is 29.4. The fourth-order valence-electron chi connectivity index (χ4n) is 4.38. The van der Waals surface area contributed by atoms with Crippen molar-refractivity contribution in [3.8, 4) is 5.75 Å². The van der Waals surface area contributed by atoms with E-state index in [4.69, 9.17) is 4.74 Å². The van der Waals surface area contributed by atoms with Crippen LogP contribution < -0.4 is 9.64 Å². The van der Waals surface area contributed by atoms with E-state index < -0.39 is 5.97 Å². The first-order valence-electron chi connectivity index (χ1n) is 12.7. The Balaban J connectivity index is 1.51. The Kier molecular flexibility index (Phi) is 7.98. The Hall–Kier alpha value is -4.82. The molecular weight excluding hydrogens is 522 g/mol. The summed E-state index contributed by atoms with van der Waals surface area (Å²) < 4.78 is 14.3. The molecule has 0 aliphatic carbocycles. The van der Waals surface area contributed by atoms with Crippen molar-refractivity contribution >= 4 is 45.8 Å². The van der Waals surface area contributed by atoms with Gasteiger partial charge in [-0.25, -0.2) is 4.79 Å². The number of fused-ring (bicyclic) bond motifs is 1. The lowest BCUT2D eigenvalue weighted by atomic mass is 9.89. The number of carbonyl (C=O) groups excluding carboxylic acids is 1. The topological polar surface area (TPSA) is 92.6 Å². The lowest BCUT2D eigenvalue weighted by molar-refractivity contribution is -0.130. The molecule has 5 aromatic rings. The van der Waals surface area contributed by atoms with Crippen LogP contribution in [0.15, 0.2) is 103 Å². The number of nitrogens with zero attached hydrogens (tertiary/aromatic N) is 3. The SMILES string of the molecule is CN(C)c1ccc(CC(C(=O)c2ccc(OCc3ccccc3)cc2)=C(C(=O)O)c2ccc3nsnc3c2)cc1. The largest absolute Gasteiger partial charge is 0.489 e. The van der Waals surface area contributed by atoms with Crippen molar-refractivity contribution in [2.24, 2.45) is 0 Å². The van der Waals surface area contributed by atoms with Gasteiger partial charge in [0.1, 0.15) is 23.4 Å². The second kappa shape index (κ2) is 11.9. The average molecular weight is 550 g/mol. The van der Waals surface area contributed by atoms with E-state index in [1.54, 1.807) is 42.5 Å². The number of allylic oxidation sites excluding steroid dienone is 1. The van der Waals surface area contributed by atoms with E-state index in [1.165, 1.54) is 0 Å². The van der Waals surface area contributed by atoms with Crippen molar-refractivity contribution in [3.05, 3.63) is 125 Å². The minimum atomic E-state index is -1.18. The predicted molar refractivity (Wildman–Crippen MR) is 158 cm³/mol. The van der Waals surface area contributed by atoms with Gasteiger partial charge in [0, 0.05) is 37.3 Å². The van der Waals surface area contributed by atoms with Crippen LogP contribution in [0.3, 0.4) is 0 Å². The lowest BCUT2D eigenvalue weighted by Gasteiger charge is -2.15. The maximum Gasteiger partial charge on any atom is 0.336 e. The van der Waals surface area contributed by atoms with Crippen LogP contribution in [0, 0.1) is 0 Å². The number of carboxylic acid groups (broad SMARTS) is 1. The van der Waals surface area contributed by atoms with Crippen molar-refractivity contribution in [3.63, 3.8) is 0 Å². The van der Waals surface area contributed by atoms with E-state index in [2.05, 4.69) is 8.75 Å². The quantitative estimate of drug-likeness (QED) is 0.161. The molecule has 1 heterocycles. The van der Waals surface area contributed by atoms with Crippen LogP contribution in [0.25, 0.3) is 16.6 Å². The molecule has 5 rings (SSSR count). The Labute approximate surface area is 236 Å². The highest BCUT2D eigenvalue weighted by Crippen LogP contribution is 2.29. The molecule has 0 unspecified atom stereocenters. The second-order valence-electron chi connectivity index (χ2n) is 9.49. The third-order valence-electron chi connectivity index (χ3n) is 6.53.